The number of halogens is 4. The van der Waals surface area contributed by atoms with Gasteiger partial charge in [0.25, 0.3) is 5.91 Å². The molecule has 0 saturated heterocycles. The van der Waals surface area contributed by atoms with E-state index in [1.165, 1.54) is 11.0 Å². The van der Waals surface area contributed by atoms with Gasteiger partial charge < -0.3 is 29.8 Å². The van der Waals surface area contributed by atoms with Crippen LogP contribution in [0.3, 0.4) is 0 Å². The van der Waals surface area contributed by atoms with Crippen LogP contribution >= 0.6 is 11.6 Å². The van der Waals surface area contributed by atoms with Gasteiger partial charge in [-0.15, -0.1) is 11.6 Å². The van der Waals surface area contributed by atoms with Crippen molar-refractivity contribution in [3.8, 4) is 5.75 Å². The average molecular weight is 593 g/mol. The number of carboxylic acids is 1. The number of H-pyrrole nitrogens is 2. The van der Waals surface area contributed by atoms with E-state index in [1.54, 1.807) is 39.0 Å². The molecular weight excluding hydrogens is 569 g/mol. The number of carbonyl (C=O) groups is 3. The van der Waals surface area contributed by atoms with Crippen molar-refractivity contribution in [1.29, 1.82) is 0 Å². The SMILES string of the molecule is CC(C)(C)OC(=O)Nc1ccc2[nH]c(C(=O)N3C[C@@H](CCl)c4c3cc(O)c3[nH]c(C(F)(F)F)c(C(=O)O)c43)cc2c1. The Morgan fingerprint density at radius 3 is 2.46 bits per heavy atom. The van der Waals surface area contributed by atoms with Crippen molar-refractivity contribution < 1.29 is 42.5 Å². The number of rotatable bonds is 4. The Bertz CT molecular complexity index is 1740. The van der Waals surface area contributed by atoms with Gasteiger partial charge in [-0.25, -0.2) is 9.59 Å². The number of fused-ring (bicyclic) bond motifs is 4. The van der Waals surface area contributed by atoms with E-state index >= 15 is 0 Å². The number of hydrogen-bond acceptors (Lipinski definition) is 5. The molecular formula is C27H24ClF3N4O6. The number of nitrogens with one attached hydrogen (secondary N) is 3. The van der Waals surface area contributed by atoms with Crippen LogP contribution in [0, 0.1) is 0 Å². The highest BCUT2D eigenvalue weighted by molar-refractivity contribution is 6.20. The van der Waals surface area contributed by atoms with E-state index in [-0.39, 0.29) is 34.8 Å². The fourth-order valence-electron chi connectivity index (χ4n) is 5.05. The number of phenolic OH excluding ortho intramolecular Hbond substituents is 1. The number of nitrogens with zero attached hydrogens (tertiary/aromatic N) is 1. The van der Waals surface area contributed by atoms with Crippen LogP contribution in [-0.4, -0.2) is 56.2 Å². The molecule has 216 valence electrons. The highest BCUT2D eigenvalue weighted by atomic mass is 35.5. The lowest BCUT2D eigenvalue weighted by Gasteiger charge is -2.19. The molecule has 1 aliphatic rings. The van der Waals surface area contributed by atoms with Gasteiger partial charge in [0, 0.05) is 46.4 Å². The van der Waals surface area contributed by atoms with E-state index in [1.807, 2.05) is 4.98 Å². The second-order valence-electron chi connectivity index (χ2n) is 10.6. The van der Waals surface area contributed by atoms with Gasteiger partial charge >= 0.3 is 18.2 Å². The lowest BCUT2D eigenvalue weighted by Crippen LogP contribution is -2.30. The molecule has 14 heteroatoms. The van der Waals surface area contributed by atoms with Crippen molar-refractivity contribution in [2.45, 2.75) is 38.5 Å². The van der Waals surface area contributed by atoms with Crippen LogP contribution in [0.4, 0.5) is 29.3 Å². The largest absolute Gasteiger partial charge is 0.506 e. The predicted molar refractivity (Wildman–Crippen MR) is 145 cm³/mol. The Kier molecular flexibility index (Phi) is 6.60. The van der Waals surface area contributed by atoms with Crippen LogP contribution in [0.2, 0.25) is 0 Å². The highest BCUT2D eigenvalue weighted by Crippen LogP contribution is 2.49. The molecule has 3 heterocycles. The third-order valence-electron chi connectivity index (χ3n) is 6.60. The normalized spacial score (nSPS) is 15.4. The summed E-state index contributed by atoms with van der Waals surface area (Å²) in [6, 6.07) is 7.53. The molecule has 0 radical (unpaired) electrons. The monoisotopic (exact) mass is 592 g/mol. The number of aromatic carboxylic acids is 1. The Hall–Kier alpha value is -4.39. The Morgan fingerprint density at radius 1 is 1.15 bits per heavy atom. The number of benzene rings is 2. The lowest BCUT2D eigenvalue weighted by molar-refractivity contribution is -0.141. The van der Waals surface area contributed by atoms with Gasteiger partial charge in [0.05, 0.1) is 16.8 Å². The van der Waals surface area contributed by atoms with E-state index < -0.39 is 58.2 Å². The summed E-state index contributed by atoms with van der Waals surface area (Å²) >= 11 is 6.15. The van der Waals surface area contributed by atoms with E-state index in [2.05, 4.69) is 10.3 Å². The number of carboxylic acid groups (broad SMARTS) is 1. The maximum Gasteiger partial charge on any atom is 0.432 e. The molecule has 0 saturated carbocycles. The van der Waals surface area contributed by atoms with Gasteiger partial charge in [0.1, 0.15) is 22.7 Å². The topological polar surface area (TPSA) is 148 Å². The van der Waals surface area contributed by atoms with Gasteiger partial charge in [0.15, 0.2) is 0 Å². The number of aromatic nitrogens is 2. The van der Waals surface area contributed by atoms with Crippen molar-refractivity contribution >= 4 is 62.8 Å². The molecule has 1 aliphatic heterocycles. The molecule has 2 aromatic heterocycles. The molecule has 5 N–H and O–H groups in total. The van der Waals surface area contributed by atoms with Gasteiger partial charge in [-0.2, -0.15) is 13.2 Å². The zero-order chi connectivity index (χ0) is 30.0. The quantitative estimate of drug-likeness (QED) is 0.173. The molecule has 0 fully saturated rings. The molecule has 41 heavy (non-hydrogen) atoms. The van der Waals surface area contributed by atoms with E-state index in [4.69, 9.17) is 16.3 Å². The van der Waals surface area contributed by atoms with Crippen LogP contribution in [0.5, 0.6) is 5.75 Å². The van der Waals surface area contributed by atoms with Gasteiger partial charge in [0.2, 0.25) is 0 Å². The molecule has 1 atom stereocenters. The predicted octanol–water partition coefficient (Wildman–Crippen LogP) is 6.40. The minimum atomic E-state index is -5.04. The molecule has 10 nitrogen and oxygen atoms in total. The fraction of sp³-hybridized carbons (Fsp3) is 0.296. The van der Waals surface area contributed by atoms with E-state index in [0.717, 1.165) is 6.07 Å². The van der Waals surface area contributed by atoms with Gasteiger partial charge in [-0.05, 0) is 50.6 Å². The molecule has 0 aliphatic carbocycles. The first-order chi connectivity index (χ1) is 19.1. The lowest BCUT2D eigenvalue weighted by atomic mass is 9.95. The zero-order valence-electron chi connectivity index (χ0n) is 21.9. The number of ether oxygens (including phenoxy) is 1. The summed E-state index contributed by atoms with van der Waals surface area (Å²) in [6.45, 7) is 5.11. The minimum Gasteiger partial charge on any atom is -0.506 e. The van der Waals surface area contributed by atoms with Crippen molar-refractivity contribution in [1.82, 2.24) is 9.97 Å². The van der Waals surface area contributed by atoms with Crippen molar-refractivity contribution in [3.05, 3.63) is 52.8 Å². The Balaban J connectivity index is 1.55. The van der Waals surface area contributed by atoms with Crippen molar-refractivity contribution in [3.63, 3.8) is 0 Å². The number of phenols is 1. The maximum atomic E-state index is 13.7. The number of amides is 2. The molecule has 0 spiro atoms. The van der Waals surface area contributed by atoms with Crippen LogP contribution in [0.15, 0.2) is 30.3 Å². The standard InChI is InChI=1S/C27H24ClF3N4O6/c1-26(2,3)41-25(40)32-13-4-5-14-11(6-13)7-15(33-14)23(37)35-10-12(9-28)18-16(35)8-17(36)21-19(18)20(24(38)39)22(34-21)27(29,30)31/h4-8,12,33-34,36H,9-10H2,1-3H3,(H,32,40)(H,38,39)/t12-/m1/s1. The summed E-state index contributed by atoms with van der Waals surface area (Å²) in [7, 11) is 0. The summed E-state index contributed by atoms with van der Waals surface area (Å²) in [4.78, 5) is 44.0. The third kappa shape index (κ3) is 5.01. The molecule has 0 unspecified atom stereocenters. The van der Waals surface area contributed by atoms with Crippen LogP contribution in [0.25, 0.3) is 21.8 Å². The van der Waals surface area contributed by atoms with Crippen molar-refractivity contribution in [2.75, 3.05) is 22.6 Å². The summed E-state index contributed by atoms with van der Waals surface area (Å²) in [5.41, 5.74) is -2.44. The van der Waals surface area contributed by atoms with Crippen LogP contribution in [-0.2, 0) is 10.9 Å². The number of aromatic amines is 2. The van der Waals surface area contributed by atoms with Crippen LogP contribution in [0.1, 0.15) is 58.8 Å². The summed E-state index contributed by atoms with van der Waals surface area (Å²) in [5, 5.41) is 23.2. The summed E-state index contributed by atoms with van der Waals surface area (Å²) < 4.78 is 46.4. The first-order valence-corrected chi connectivity index (χ1v) is 12.8. The highest BCUT2D eigenvalue weighted by Gasteiger charge is 2.43. The zero-order valence-corrected chi connectivity index (χ0v) is 22.6. The first kappa shape index (κ1) is 28.1. The smallest absolute Gasteiger partial charge is 0.432 e. The molecule has 4 aromatic rings. The van der Waals surface area contributed by atoms with E-state index in [9.17, 15) is 37.8 Å². The average Bonchev–Trinajstić information content (AvgIpc) is 3.55. The molecule has 0 bridgehead atoms. The van der Waals surface area contributed by atoms with Gasteiger partial charge in [-0.3, -0.25) is 10.1 Å². The molecule has 2 amide bonds. The second kappa shape index (κ2) is 9.61. The number of alkyl halides is 4. The number of hydrogen-bond donors (Lipinski definition) is 5. The van der Waals surface area contributed by atoms with Gasteiger partial charge in [-0.1, -0.05) is 0 Å². The number of aromatic hydroxyl groups is 1. The molecule has 2 aromatic carbocycles. The summed E-state index contributed by atoms with van der Waals surface area (Å²) in [5.74, 6) is -3.93. The third-order valence-corrected chi connectivity index (χ3v) is 6.97. The fourth-order valence-corrected chi connectivity index (χ4v) is 5.30. The Morgan fingerprint density at radius 2 is 1.85 bits per heavy atom. The summed E-state index contributed by atoms with van der Waals surface area (Å²) in [6.07, 6.45) is -5.70. The Labute approximate surface area is 235 Å². The minimum absolute atomic E-state index is 0.0480. The second-order valence-corrected chi connectivity index (χ2v) is 10.9. The van der Waals surface area contributed by atoms with Crippen molar-refractivity contribution in [2.24, 2.45) is 0 Å². The first-order valence-electron chi connectivity index (χ1n) is 12.3. The maximum absolute atomic E-state index is 13.7. The number of carbonyl (C=O) groups excluding carboxylic acids is 2. The number of anilines is 2. The van der Waals surface area contributed by atoms with E-state index in [0.29, 0.717) is 16.6 Å². The van der Waals surface area contributed by atoms with Crippen LogP contribution < -0.4 is 10.2 Å². The molecule has 5 rings (SSSR count).